The van der Waals surface area contributed by atoms with E-state index in [4.69, 9.17) is 0 Å². The molecule has 1 unspecified atom stereocenters. The smallest absolute Gasteiger partial charge is 0.134 e. The molecule has 0 aliphatic heterocycles. The molecule has 1 rings (SSSR count). The second kappa shape index (κ2) is 10.4. The van der Waals surface area contributed by atoms with E-state index in [1.54, 1.807) is 6.33 Å². The zero-order valence-electron chi connectivity index (χ0n) is 14.2. The number of nitrogens with one attached hydrogen (secondary N) is 2. The number of unbranched alkanes of at least 4 members (excludes halogenated alkanes) is 2. The molecule has 21 heavy (non-hydrogen) atoms. The third-order valence-corrected chi connectivity index (χ3v) is 3.61. The number of nitrogens with zero attached hydrogens (tertiary/aromatic N) is 2. The average molecular weight is 292 g/mol. The summed E-state index contributed by atoms with van der Waals surface area (Å²) < 4.78 is 0. The molecule has 0 bridgehead atoms. The molecular formula is C17H32N4. The van der Waals surface area contributed by atoms with Crippen LogP contribution in [0.4, 0.5) is 11.6 Å². The molecule has 1 heterocycles. The van der Waals surface area contributed by atoms with Gasteiger partial charge >= 0.3 is 0 Å². The fraction of sp³-hybridized carbons (Fsp3) is 0.765. The second-order valence-corrected chi connectivity index (χ2v) is 5.77. The molecule has 1 aromatic rings. The van der Waals surface area contributed by atoms with E-state index in [1.165, 1.54) is 31.2 Å². The third-order valence-electron chi connectivity index (χ3n) is 3.61. The van der Waals surface area contributed by atoms with Crippen LogP contribution in [0.2, 0.25) is 0 Å². The van der Waals surface area contributed by atoms with Crippen molar-refractivity contribution in [3.63, 3.8) is 0 Å². The van der Waals surface area contributed by atoms with Crippen LogP contribution in [0.1, 0.15) is 71.8 Å². The molecule has 0 fully saturated rings. The van der Waals surface area contributed by atoms with E-state index in [-0.39, 0.29) is 0 Å². The van der Waals surface area contributed by atoms with Crippen LogP contribution in [-0.4, -0.2) is 22.6 Å². The van der Waals surface area contributed by atoms with Gasteiger partial charge in [0.1, 0.15) is 18.0 Å². The van der Waals surface area contributed by atoms with Gasteiger partial charge in [-0.1, -0.05) is 46.5 Å². The van der Waals surface area contributed by atoms with Crippen molar-refractivity contribution in [3.8, 4) is 0 Å². The molecule has 0 aliphatic carbocycles. The highest BCUT2D eigenvalue weighted by Crippen LogP contribution is 2.23. The van der Waals surface area contributed by atoms with E-state index in [0.29, 0.717) is 6.04 Å². The van der Waals surface area contributed by atoms with Gasteiger partial charge < -0.3 is 10.6 Å². The van der Waals surface area contributed by atoms with Gasteiger partial charge in [-0.3, -0.25) is 0 Å². The lowest BCUT2D eigenvalue weighted by molar-refractivity contribution is 0.613. The number of aromatic nitrogens is 2. The summed E-state index contributed by atoms with van der Waals surface area (Å²) in [6.07, 6.45) is 9.93. The van der Waals surface area contributed by atoms with Crippen LogP contribution in [0.5, 0.6) is 0 Å². The maximum atomic E-state index is 4.47. The van der Waals surface area contributed by atoms with Gasteiger partial charge in [0.15, 0.2) is 0 Å². The van der Waals surface area contributed by atoms with E-state index in [0.717, 1.165) is 37.4 Å². The number of hydrogen-bond acceptors (Lipinski definition) is 4. The van der Waals surface area contributed by atoms with Crippen molar-refractivity contribution in [2.45, 2.75) is 78.7 Å². The Labute approximate surface area is 130 Å². The molecule has 0 saturated heterocycles. The molecule has 0 aromatic carbocycles. The fourth-order valence-corrected chi connectivity index (χ4v) is 2.43. The van der Waals surface area contributed by atoms with Crippen molar-refractivity contribution in [1.82, 2.24) is 9.97 Å². The number of hydrogen-bond donors (Lipinski definition) is 2. The van der Waals surface area contributed by atoms with Gasteiger partial charge in [0.25, 0.3) is 0 Å². The molecule has 2 N–H and O–H groups in total. The van der Waals surface area contributed by atoms with Crippen molar-refractivity contribution in [3.05, 3.63) is 11.9 Å². The molecule has 1 atom stereocenters. The van der Waals surface area contributed by atoms with E-state index >= 15 is 0 Å². The topological polar surface area (TPSA) is 49.8 Å². The van der Waals surface area contributed by atoms with Crippen molar-refractivity contribution < 1.29 is 0 Å². The lowest BCUT2D eigenvalue weighted by Crippen LogP contribution is -2.18. The van der Waals surface area contributed by atoms with Crippen molar-refractivity contribution in [2.24, 2.45) is 0 Å². The molecule has 1 aromatic heterocycles. The quantitative estimate of drug-likeness (QED) is 0.584. The SMILES string of the molecule is CCCCCC(C)Nc1ncnc(NCCC)c1CCC. The molecule has 0 aliphatic rings. The lowest BCUT2D eigenvalue weighted by Gasteiger charge is -2.19. The summed E-state index contributed by atoms with van der Waals surface area (Å²) in [4.78, 5) is 8.89. The first-order chi connectivity index (χ1) is 10.2. The average Bonchev–Trinajstić information content (AvgIpc) is 2.48. The molecule has 0 saturated carbocycles. The van der Waals surface area contributed by atoms with Gasteiger partial charge in [-0.2, -0.15) is 0 Å². The van der Waals surface area contributed by atoms with E-state index in [9.17, 15) is 0 Å². The highest BCUT2D eigenvalue weighted by Gasteiger charge is 2.12. The van der Waals surface area contributed by atoms with Crippen molar-refractivity contribution >= 4 is 11.6 Å². The zero-order valence-corrected chi connectivity index (χ0v) is 14.2. The second-order valence-electron chi connectivity index (χ2n) is 5.77. The van der Waals surface area contributed by atoms with Crippen LogP contribution in [0.25, 0.3) is 0 Å². The van der Waals surface area contributed by atoms with Crippen molar-refractivity contribution in [1.29, 1.82) is 0 Å². The van der Waals surface area contributed by atoms with E-state index < -0.39 is 0 Å². The van der Waals surface area contributed by atoms with E-state index in [1.807, 2.05) is 0 Å². The summed E-state index contributed by atoms with van der Waals surface area (Å²) in [6.45, 7) is 9.81. The Kier molecular flexibility index (Phi) is 8.79. The first-order valence-electron chi connectivity index (χ1n) is 8.57. The first-order valence-corrected chi connectivity index (χ1v) is 8.57. The van der Waals surface area contributed by atoms with Crippen LogP contribution in [0.15, 0.2) is 6.33 Å². The summed E-state index contributed by atoms with van der Waals surface area (Å²) in [6, 6.07) is 0.459. The Bertz CT molecular complexity index is 392. The highest BCUT2D eigenvalue weighted by molar-refractivity contribution is 5.57. The Hall–Kier alpha value is -1.32. The Morgan fingerprint density at radius 2 is 1.76 bits per heavy atom. The van der Waals surface area contributed by atoms with Gasteiger partial charge in [0.05, 0.1) is 0 Å². The monoisotopic (exact) mass is 292 g/mol. The fourth-order valence-electron chi connectivity index (χ4n) is 2.43. The van der Waals surface area contributed by atoms with Gasteiger partial charge in [-0.25, -0.2) is 9.97 Å². The molecule has 120 valence electrons. The Balaban J connectivity index is 2.74. The summed E-state index contributed by atoms with van der Waals surface area (Å²) >= 11 is 0. The summed E-state index contributed by atoms with van der Waals surface area (Å²) in [7, 11) is 0. The molecule has 4 nitrogen and oxygen atoms in total. The maximum absolute atomic E-state index is 4.47. The summed E-state index contributed by atoms with van der Waals surface area (Å²) in [5, 5.41) is 7.00. The summed E-state index contributed by atoms with van der Waals surface area (Å²) in [5.41, 5.74) is 1.23. The third kappa shape index (κ3) is 6.32. The van der Waals surface area contributed by atoms with Gasteiger partial charge in [-0.15, -0.1) is 0 Å². The molecule has 0 radical (unpaired) electrons. The summed E-state index contributed by atoms with van der Waals surface area (Å²) in [5.74, 6) is 2.01. The largest absolute Gasteiger partial charge is 0.370 e. The standard InChI is InChI=1S/C17H32N4/c1-5-8-9-11-14(4)21-17-15(10-6-2)16(18-12-7-3)19-13-20-17/h13-14H,5-12H2,1-4H3,(H2,18,19,20,21). The Morgan fingerprint density at radius 3 is 2.43 bits per heavy atom. The molecular weight excluding hydrogens is 260 g/mol. The van der Waals surface area contributed by atoms with Crippen LogP contribution < -0.4 is 10.6 Å². The van der Waals surface area contributed by atoms with Gasteiger partial charge in [-0.05, 0) is 26.2 Å². The molecule has 0 amide bonds. The normalized spacial score (nSPS) is 12.2. The zero-order chi connectivity index (χ0) is 15.5. The van der Waals surface area contributed by atoms with Gasteiger partial charge in [0.2, 0.25) is 0 Å². The predicted molar refractivity (Wildman–Crippen MR) is 92.0 cm³/mol. The minimum Gasteiger partial charge on any atom is -0.370 e. The van der Waals surface area contributed by atoms with Crippen LogP contribution in [-0.2, 0) is 6.42 Å². The van der Waals surface area contributed by atoms with Crippen LogP contribution >= 0.6 is 0 Å². The Morgan fingerprint density at radius 1 is 1.00 bits per heavy atom. The lowest BCUT2D eigenvalue weighted by atomic mass is 10.1. The highest BCUT2D eigenvalue weighted by atomic mass is 15.1. The van der Waals surface area contributed by atoms with Gasteiger partial charge in [0, 0.05) is 18.2 Å². The number of anilines is 2. The maximum Gasteiger partial charge on any atom is 0.134 e. The molecule has 4 heteroatoms. The van der Waals surface area contributed by atoms with Crippen LogP contribution in [0, 0.1) is 0 Å². The minimum absolute atomic E-state index is 0.459. The van der Waals surface area contributed by atoms with E-state index in [2.05, 4.69) is 48.3 Å². The predicted octanol–water partition coefficient (Wildman–Crippen LogP) is 4.63. The molecule has 0 spiro atoms. The number of rotatable bonds is 11. The van der Waals surface area contributed by atoms with Crippen molar-refractivity contribution in [2.75, 3.05) is 17.2 Å². The minimum atomic E-state index is 0.459. The first kappa shape index (κ1) is 17.7. The van der Waals surface area contributed by atoms with Crippen LogP contribution in [0.3, 0.4) is 0 Å².